The molecule has 0 bridgehead atoms. The first-order valence-corrected chi connectivity index (χ1v) is 6.68. The van der Waals surface area contributed by atoms with Crippen molar-refractivity contribution in [2.75, 3.05) is 0 Å². The topological polar surface area (TPSA) is 54.6 Å². The van der Waals surface area contributed by atoms with Crippen LogP contribution in [0.3, 0.4) is 0 Å². The van der Waals surface area contributed by atoms with Gasteiger partial charge in [0.1, 0.15) is 5.58 Å². The molecule has 0 unspecified atom stereocenters. The fourth-order valence-electron chi connectivity index (χ4n) is 1.89. The van der Waals surface area contributed by atoms with Gasteiger partial charge in [-0.25, -0.2) is 5.43 Å². The minimum absolute atomic E-state index is 0.192. The Kier molecular flexibility index (Phi) is 3.71. The summed E-state index contributed by atoms with van der Waals surface area (Å²) in [7, 11) is 0. The van der Waals surface area contributed by atoms with Crippen molar-refractivity contribution in [2.45, 2.75) is 0 Å². The quantitative estimate of drug-likeness (QED) is 0.590. The van der Waals surface area contributed by atoms with Crippen molar-refractivity contribution in [3.63, 3.8) is 0 Å². The number of nitrogens with one attached hydrogen (secondary N) is 1. The van der Waals surface area contributed by atoms with Crippen LogP contribution >= 0.6 is 11.6 Å². The maximum atomic E-state index is 11.9. The fraction of sp³-hybridized carbons (Fsp3) is 0. The minimum Gasteiger partial charge on any atom is -0.451 e. The lowest BCUT2D eigenvalue weighted by Gasteiger charge is -1.95. The highest BCUT2D eigenvalue weighted by Crippen LogP contribution is 2.22. The molecule has 3 rings (SSSR count). The van der Waals surface area contributed by atoms with Crippen molar-refractivity contribution in [1.82, 2.24) is 5.43 Å². The molecule has 2 aromatic carbocycles. The molecule has 0 saturated heterocycles. The third-order valence-corrected chi connectivity index (χ3v) is 3.12. The number of furan rings is 1. The number of hydrazone groups is 1. The van der Waals surface area contributed by atoms with E-state index in [1.54, 1.807) is 30.5 Å². The first kappa shape index (κ1) is 13.4. The van der Waals surface area contributed by atoms with Crippen molar-refractivity contribution in [3.8, 4) is 0 Å². The van der Waals surface area contributed by atoms with Gasteiger partial charge in [-0.1, -0.05) is 41.9 Å². The molecule has 1 heterocycles. The zero-order chi connectivity index (χ0) is 14.7. The molecule has 0 saturated carbocycles. The number of hydrogen-bond donors (Lipinski definition) is 1. The monoisotopic (exact) mass is 298 g/mol. The van der Waals surface area contributed by atoms with Crippen LogP contribution in [0.15, 0.2) is 64.1 Å². The summed E-state index contributed by atoms with van der Waals surface area (Å²) in [6, 6.07) is 16.3. The van der Waals surface area contributed by atoms with Crippen molar-refractivity contribution >= 4 is 34.7 Å². The summed E-state index contributed by atoms with van der Waals surface area (Å²) in [4.78, 5) is 11.9. The van der Waals surface area contributed by atoms with Gasteiger partial charge in [-0.2, -0.15) is 5.10 Å². The van der Waals surface area contributed by atoms with Crippen molar-refractivity contribution in [3.05, 3.63) is 70.9 Å². The first-order chi connectivity index (χ1) is 10.2. The number of carbonyl (C=O) groups is 1. The van der Waals surface area contributed by atoms with E-state index in [1.807, 2.05) is 30.3 Å². The zero-order valence-electron chi connectivity index (χ0n) is 10.9. The zero-order valence-corrected chi connectivity index (χ0v) is 11.7. The normalized spacial score (nSPS) is 11.1. The first-order valence-electron chi connectivity index (χ1n) is 6.30. The molecule has 4 nitrogen and oxygen atoms in total. The van der Waals surface area contributed by atoms with Gasteiger partial charge in [0, 0.05) is 10.4 Å². The van der Waals surface area contributed by atoms with Gasteiger partial charge in [0.25, 0.3) is 0 Å². The van der Waals surface area contributed by atoms with Crippen LogP contribution in [0.4, 0.5) is 0 Å². The van der Waals surface area contributed by atoms with Gasteiger partial charge < -0.3 is 4.42 Å². The van der Waals surface area contributed by atoms with Gasteiger partial charge in [-0.3, -0.25) is 4.79 Å². The number of halogens is 1. The van der Waals surface area contributed by atoms with Crippen molar-refractivity contribution in [2.24, 2.45) is 5.10 Å². The minimum atomic E-state index is -0.408. The third kappa shape index (κ3) is 3.12. The predicted molar refractivity (Wildman–Crippen MR) is 82.7 cm³/mol. The molecule has 5 heteroatoms. The summed E-state index contributed by atoms with van der Waals surface area (Å²) in [5.41, 5.74) is 3.93. The SMILES string of the molecule is O=C(N/N=C/c1ccccc1)c1cc2cc(Cl)ccc2o1. The lowest BCUT2D eigenvalue weighted by atomic mass is 10.2. The van der Waals surface area contributed by atoms with Gasteiger partial charge in [0.15, 0.2) is 5.76 Å². The largest absolute Gasteiger partial charge is 0.451 e. The lowest BCUT2D eigenvalue weighted by Crippen LogP contribution is -2.16. The molecule has 1 amide bonds. The fourth-order valence-corrected chi connectivity index (χ4v) is 2.07. The Morgan fingerprint density at radius 1 is 1.14 bits per heavy atom. The van der Waals surface area contributed by atoms with Crippen LogP contribution in [-0.4, -0.2) is 12.1 Å². The van der Waals surface area contributed by atoms with Crippen LogP contribution < -0.4 is 5.43 Å². The molecule has 0 aliphatic heterocycles. The van der Waals surface area contributed by atoms with E-state index in [9.17, 15) is 4.79 Å². The molecule has 0 fully saturated rings. The summed E-state index contributed by atoms with van der Waals surface area (Å²) in [6.07, 6.45) is 1.57. The maximum Gasteiger partial charge on any atom is 0.307 e. The molecule has 1 N–H and O–H groups in total. The average molecular weight is 299 g/mol. The smallest absolute Gasteiger partial charge is 0.307 e. The van der Waals surface area contributed by atoms with Crippen LogP contribution in [0.25, 0.3) is 11.0 Å². The van der Waals surface area contributed by atoms with E-state index in [4.69, 9.17) is 16.0 Å². The van der Waals surface area contributed by atoms with Gasteiger partial charge >= 0.3 is 5.91 Å². The number of hydrogen-bond acceptors (Lipinski definition) is 3. The van der Waals surface area contributed by atoms with Crippen LogP contribution in [0, 0.1) is 0 Å². The molecular weight excluding hydrogens is 288 g/mol. The van der Waals surface area contributed by atoms with Gasteiger partial charge in [-0.15, -0.1) is 0 Å². The Morgan fingerprint density at radius 3 is 2.76 bits per heavy atom. The summed E-state index contributed by atoms with van der Waals surface area (Å²) in [5.74, 6) is -0.216. The highest BCUT2D eigenvalue weighted by atomic mass is 35.5. The van der Waals surface area contributed by atoms with Gasteiger partial charge in [-0.05, 0) is 29.8 Å². The van der Waals surface area contributed by atoms with E-state index < -0.39 is 5.91 Å². The molecule has 1 aromatic heterocycles. The Balaban J connectivity index is 1.73. The number of rotatable bonds is 3. The highest BCUT2D eigenvalue weighted by molar-refractivity contribution is 6.31. The van der Waals surface area contributed by atoms with Crippen molar-refractivity contribution < 1.29 is 9.21 Å². The number of carbonyl (C=O) groups excluding carboxylic acids is 1. The van der Waals surface area contributed by atoms with Crippen LogP contribution in [0.1, 0.15) is 16.1 Å². The second-order valence-corrected chi connectivity index (χ2v) is 4.84. The lowest BCUT2D eigenvalue weighted by molar-refractivity contribution is 0.0929. The van der Waals surface area contributed by atoms with E-state index >= 15 is 0 Å². The summed E-state index contributed by atoms with van der Waals surface area (Å²) < 4.78 is 5.44. The average Bonchev–Trinajstić information content (AvgIpc) is 2.91. The molecule has 0 atom stereocenters. The maximum absolute atomic E-state index is 11.9. The molecule has 21 heavy (non-hydrogen) atoms. The van der Waals surface area contributed by atoms with Crippen LogP contribution in [-0.2, 0) is 0 Å². The second kappa shape index (κ2) is 5.81. The standard InChI is InChI=1S/C16H11ClN2O2/c17-13-6-7-14-12(8-13)9-15(21-14)16(20)19-18-10-11-4-2-1-3-5-11/h1-10H,(H,19,20)/b18-10+. The van der Waals surface area contributed by atoms with E-state index in [1.165, 1.54) is 0 Å². The molecule has 0 aliphatic carbocycles. The summed E-state index contributed by atoms with van der Waals surface area (Å²) in [5, 5.41) is 5.27. The molecule has 104 valence electrons. The van der Waals surface area contributed by atoms with Crippen molar-refractivity contribution in [1.29, 1.82) is 0 Å². The highest BCUT2D eigenvalue weighted by Gasteiger charge is 2.11. The molecule has 3 aromatic rings. The molecular formula is C16H11ClN2O2. The number of fused-ring (bicyclic) bond motifs is 1. The second-order valence-electron chi connectivity index (χ2n) is 4.40. The Bertz CT molecular complexity index is 810. The van der Waals surface area contributed by atoms with E-state index in [0.717, 1.165) is 10.9 Å². The van der Waals surface area contributed by atoms with Crippen LogP contribution in [0.2, 0.25) is 5.02 Å². The van der Waals surface area contributed by atoms with E-state index in [-0.39, 0.29) is 5.76 Å². The van der Waals surface area contributed by atoms with Gasteiger partial charge in [0.2, 0.25) is 0 Å². The van der Waals surface area contributed by atoms with E-state index in [0.29, 0.717) is 10.6 Å². The summed E-state index contributed by atoms with van der Waals surface area (Å²) in [6.45, 7) is 0. The van der Waals surface area contributed by atoms with E-state index in [2.05, 4.69) is 10.5 Å². The Morgan fingerprint density at radius 2 is 1.95 bits per heavy atom. The Labute approximate surface area is 126 Å². The molecule has 0 spiro atoms. The predicted octanol–water partition coefficient (Wildman–Crippen LogP) is 3.85. The Hall–Kier alpha value is -2.59. The molecule has 0 aliphatic rings. The number of nitrogens with zero attached hydrogens (tertiary/aromatic N) is 1. The number of benzene rings is 2. The third-order valence-electron chi connectivity index (χ3n) is 2.88. The van der Waals surface area contributed by atoms with Gasteiger partial charge in [0.05, 0.1) is 6.21 Å². The van der Waals surface area contributed by atoms with Crippen LogP contribution in [0.5, 0.6) is 0 Å². The number of amides is 1. The molecule has 0 radical (unpaired) electrons. The summed E-state index contributed by atoms with van der Waals surface area (Å²) >= 11 is 5.89.